The summed E-state index contributed by atoms with van der Waals surface area (Å²) in [6.45, 7) is 2.47. The number of nitrogens with zero attached hydrogens (tertiary/aromatic N) is 3. The lowest BCUT2D eigenvalue weighted by Crippen LogP contribution is -2.35. The molecule has 2 fully saturated rings. The second kappa shape index (κ2) is 7.22. The quantitative estimate of drug-likeness (QED) is 0.900. The maximum atomic E-state index is 13.0. The van der Waals surface area contributed by atoms with Crippen molar-refractivity contribution in [3.05, 3.63) is 47.4 Å². The molecule has 2 heterocycles. The Kier molecular flexibility index (Phi) is 4.81. The first-order valence-electron chi connectivity index (χ1n) is 9.17. The Balaban J connectivity index is 1.29. The summed E-state index contributed by atoms with van der Waals surface area (Å²) < 4.78 is 18.8. The number of piperidine rings is 1. The minimum atomic E-state index is -0.531. The molecule has 1 aromatic carbocycles. The molecule has 0 spiro atoms. The van der Waals surface area contributed by atoms with E-state index in [-0.39, 0.29) is 11.7 Å². The zero-order valence-electron chi connectivity index (χ0n) is 14.3. The van der Waals surface area contributed by atoms with Crippen molar-refractivity contribution in [3.8, 4) is 0 Å². The Labute approximate surface area is 146 Å². The second-order valence-electron chi connectivity index (χ2n) is 7.27. The Morgan fingerprint density at radius 1 is 1.12 bits per heavy atom. The van der Waals surface area contributed by atoms with Gasteiger partial charge in [0, 0.05) is 5.92 Å². The van der Waals surface area contributed by atoms with E-state index in [1.807, 2.05) is 0 Å². The number of aromatic nitrogens is 2. The maximum absolute atomic E-state index is 13.0. The molecule has 1 aliphatic heterocycles. The van der Waals surface area contributed by atoms with Crippen LogP contribution in [-0.2, 0) is 6.54 Å². The monoisotopic (exact) mass is 345 g/mol. The van der Waals surface area contributed by atoms with Gasteiger partial charge in [0.25, 0.3) is 0 Å². The highest BCUT2D eigenvalue weighted by molar-refractivity contribution is 5.19. The number of aliphatic hydroxyl groups excluding tert-OH is 1. The molecule has 2 aromatic rings. The number of aliphatic hydroxyl groups is 1. The molecule has 0 radical (unpaired) electrons. The van der Waals surface area contributed by atoms with Crippen LogP contribution in [0.5, 0.6) is 0 Å². The molecule has 1 saturated carbocycles. The third-order valence-electron chi connectivity index (χ3n) is 5.59. The predicted octanol–water partition coefficient (Wildman–Crippen LogP) is 3.42. The minimum absolute atomic E-state index is 0.204. The van der Waals surface area contributed by atoms with Gasteiger partial charge in [-0.1, -0.05) is 18.6 Å². The van der Waals surface area contributed by atoms with Crippen LogP contribution in [0.3, 0.4) is 0 Å². The van der Waals surface area contributed by atoms with Crippen molar-refractivity contribution < 1.29 is 13.9 Å². The highest BCUT2D eigenvalue weighted by Gasteiger charge is 2.28. The van der Waals surface area contributed by atoms with Crippen LogP contribution in [0.2, 0.25) is 0 Å². The first-order valence-corrected chi connectivity index (χ1v) is 9.17. The predicted molar refractivity (Wildman–Crippen MR) is 90.3 cm³/mol. The molecule has 1 N–H and O–H groups in total. The summed E-state index contributed by atoms with van der Waals surface area (Å²) in [5.41, 5.74) is 0.793. The zero-order valence-corrected chi connectivity index (χ0v) is 14.3. The van der Waals surface area contributed by atoms with Gasteiger partial charge in [-0.25, -0.2) is 4.39 Å². The maximum Gasteiger partial charge on any atom is 0.230 e. The van der Waals surface area contributed by atoms with Crippen molar-refractivity contribution in [2.45, 2.75) is 50.7 Å². The van der Waals surface area contributed by atoms with Gasteiger partial charge in [0.15, 0.2) is 0 Å². The van der Waals surface area contributed by atoms with E-state index >= 15 is 0 Å². The molecule has 0 amide bonds. The fraction of sp³-hybridized carbons (Fsp3) is 0.579. The summed E-state index contributed by atoms with van der Waals surface area (Å²) in [5, 5.41) is 18.9. The molecule has 0 bridgehead atoms. The van der Waals surface area contributed by atoms with E-state index in [9.17, 15) is 9.50 Å². The molecule has 1 unspecified atom stereocenters. The van der Waals surface area contributed by atoms with Crippen molar-refractivity contribution in [1.82, 2.24) is 15.1 Å². The van der Waals surface area contributed by atoms with Crippen molar-refractivity contribution in [2.24, 2.45) is 5.92 Å². The van der Waals surface area contributed by atoms with E-state index < -0.39 is 6.10 Å². The van der Waals surface area contributed by atoms with E-state index in [1.54, 1.807) is 12.1 Å². The first kappa shape index (κ1) is 16.7. The van der Waals surface area contributed by atoms with Gasteiger partial charge in [0.2, 0.25) is 11.8 Å². The van der Waals surface area contributed by atoms with Gasteiger partial charge in [0.1, 0.15) is 5.82 Å². The summed E-state index contributed by atoms with van der Waals surface area (Å²) in [6, 6.07) is 6.16. The van der Waals surface area contributed by atoms with Crippen molar-refractivity contribution in [1.29, 1.82) is 0 Å². The van der Waals surface area contributed by atoms with E-state index in [2.05, 4.69) is 15.1 Å². The highest BCUT2D eigenvalue weighted by atomic mass is 19.1. The third-order valence-corrected chi connectivity index (χ3v) is 5.59. The zero-order chi connectivity index (χ0) is 17.2. The number of hydrogen-bond donors (Lipinski definition) is 1. The molecule has 2 aliphatic rings. The van der Waals surface area contributed by atoms with E-state index in [0.717, 1.165) is 50.2 Å². The van der Waals surface area contributed by atoms with Gasteiger partial charge >= 0.3 is 0 Å². The molecule has 5 nitrogen and oxygen atoms in total. The lowest BCUT2D eigenvalue weighted by molar-refractivity contribution is 0.0541. The van der Waals surface area contributed by atoms with Crippen LogP contribution in [-0.4, -0.2) is 33.3 Å². The van der Waals surface area contributed by atoms with Crippen LogP contribution in [0.4, 0.5) is 4.39 Å². The Morgan fingerprint density at radius 2 is 1.84 bits per heavy atom. The van der Waals surface area contributed by atoms with Gasteiger partial charge in [-0.2, -0.15) is 0 Å². The fourth-order valence-electron chi connectivity index (χ4n) is 3.70. The fourth-order valence-corrected chi connectivity index (χ4v) is 3.70. The molecule has 1 aromatic heterocycles. The standard InChI is InChI=1S/C19H24FN3O2/c20-16-6-4-13(5-7-16)18(24)14-8-10-23(11-9-14)12-17-21-22-19(25-17)15-2-1-3-15/h4-7,14-15,18,24H,1-3,8-12H2. The number of halogens is 1. The van der Waals surface area contributed by atoms with Crippen LogP contribution in [0.1, 0.15) is 61.5 Å². The van der Waals surface area contributed by atoms with E-state index in [1.165, 1.54) is 18.6 Å². The number of benzene rings is 1. The van der Waals surface area contributed by atoms with Crippen molar-refractivity contribution in [3.63, 3.8) is 0 Å². The highest BCUT2D eigenvalue weighted by Crippen LogP contribution is 2.35. The van der Waals surface area contributed by atoms with Crippen molar-refractivity contribution in [2.75, 3.05) is 13.1 Å². The third kappa shape index (κ3) is 3.75. The SMILES string of the molecule is OC(c1ccc(F)cc1)C1CCN(Cc2nnc(C3CCC3)o2)CC1. The normalized spacial score (nSPS) is 21.2. The molecular weight excluding hydrogens is 321 g/mol. The lowest BCUT2D eigenvalue weighted by atomic mass is 9.85. The summed E-state index contributed by atoms with van der Waals surface area (Å²) in [5.74, 6) is 1.89. The molecule has 1 aliphatic carbocycles. The number of hydrogen-bond acceptors (Lipinski definition) is 5. The summed E-state index contributed by atoms with van der Waals surface area (Å²) in [6.07, 6.45) is 4.86. The van der Waals surface area contributed by atoms with Gasteiger partial charge in [-0.15, -0.1) is 10.2 Å². The molecule has 1 saturated heterocycles. The summed E-state index contributed by atoms with van der Waals surface area (Å²) in [7, 11) is 0. The lowest BCUT2D eigenvalue weighted by Gasteiger charge is -2.33. The Bertz CT molecular complexity index is 691. The Hall–Kier alpha value is -1.79. The van der Waals surface area contributed by atoms with E-state index in [4.69, 9.17) is 4.42 Å². The minimum Gasteiger partial charge on any atom is -0.424 e. The number of likely N-dealkylation sites (tertiary alicyclic amines) is 1. The molecule has 6 heteroatoms. The Morgan fingerprint density at radius 3 is 2.48 bits per heavy atom. The van der Waals surface area contributed by atoms with Gasteiger partial charge in [-0.05, 0) is 62.4 Å². The summed E-state index contributed by atoms with van der Waals surface area (Å²) >= 11 is 0. The smallest absolute Gasteiger partial charge is 0.230 e. The molecule has 4 rings (SSSR count). The van der Waals surface area contributed by atoms with Crippen LogP contribution in [0.25, 0.3) is 0 Å². The van der Waals surface area contributed by atoms with Gasteiger partial charge in [-0.3, -0.25) is 4.90 Å². The summed E-state index contributed by atoms with van der Waals surface area (Å²) in [4.78, 5) is 2.30. The largest absolute Gasteiger partial charge is 0.424 e. The second-order valence-corrected chi connectivity index (χ2v) is 7.27. The molecule has 25 heavy (non-hydrogen) atoms. The van der Waals surface area contributed by atoms with Crippen molar-refractivity contribution >= 4 is 0 Å². The van der Waals surface area contributed by atoms with Gasteiger partial charge in [0.05, 0.1) is 12.6 Å². The van der Waals surface area contributed by atoms with Crippen LogP contribution in [0.15, 0.2) is 28.7 Å². The molecule has 1 atom stereocenters. The number of rotatable bonds is 5. The van der Waals surface area contributed by atoms with Gasteiger partial charge < -0.3 is 9.52 Å². The average Bonchev–Trinajstić information content (AvgIpc) is 3.02. The van der Waals surface area contributed by atoms with E-state index in [0.29, 0.717) is 18.4 Å². The topological polar surface area (TPSA) is 62.4 Å². The van der Waals surface area contributed by atoms with Crippen LogP contribution >= 0.6 is 0 Å². The molecular formula is C19H24FN3O2. The van der Waals surface area contributed by atoms with Crippen LogP contribution in [0, 0.1) is 11.7 Å². The first-order chi connectivity index (χ1) is 12.2. The van der Waals surface area contributed by atoms with Crippen LogP contribution < -0.4 is 0 Å². The average molecular weight is 345 g/mol. The molecule has 134 valence electrons.